The lowest BCUT2D eigenvalue weighted by Gasteiger charge is -2.07. The van der Waals surface area contributed by atoms with Gasteiger partial charge in [-0.05, 0) is 24.1 Å². The lowest BCUT2D eigenvalue weighted by molar-refractivity contribution is 0.593. The molecule has 0 atom stereocenters. The van der Waals surface area contributed by atoms with Crippen molar-refractivity contribution >= 4 is 27.0 Å². The Hall–Kier alpha value is -1.01. The van der Waals surface area contributed by atoms with Gasteiger partial charge in [0.1, 0.15) is 0 Å². The van der Waals surface area contributed by atoms with E-state index < -0.39 is 10.0 Å². The number of amidine groups is 1. The van der Waals surface area contributed by atoms with Crippen molar-refractivity contribution in [1.82, 2.24) is 4.72 Å². The second-order valence-corrected chi connectivity index (χ2v) is 6.40. The number of benzene rings is 1. The SMILES string of the molecule is CCc1ccc(S(=O)(=O)NC2=NCCS2)cc1. The summed E-state index contributed by atoms with van der Waals surface area (Å²) < 4.78 is 26.5. The Balaban J connectivity index is 2.18. The fraction of sp³-hybridized carbons (Fsp3) is 0.364. The quantitative estimate of drug-likeness (QED) is 0.908. The fourth-order valence-corrected chi connectivity index (χ4v) is 3.51. The first kappa shape index (κ1) is 12.4. The van der Waals surface area contributed by atoms with Crippen LogP contribution in [0.15, 0.2) is 34.2 Å². The summed E-state index contributed by atoms with van der Waals surface area (Å²) in [6, 6.07) is 6.92. The molecular weight excluding hydrogens is 256 g/mol. The van der Waals surface area contributed by atoms with E-state index >= 15 is 0 Å². The molecule has 0 aliphatic carbocycles. The fourth-order valence-electron chi connectivity index (χ4n) is 1.48. The lowest BCUT2D eigenvalue weighted by atomic mass is 10.2. The number of thioether (sulfide) groups is 1. The van der Waals surface area contributed by atoms with Gasteiger partial charge in [0, 0.05) is 5.75 Å². The van der Waals surface area contributed by atoms with E-state index in [0.717, 1.165) is 17.7 Å². The van der Waals surface area contributed by atoms with Crippen LogP contribution < -0.4 is 4.72 Å². The van der Waals surface area contributed by atoms with Gasteiger partial charge in [-0.1, -0.05) is 30.8 Å². The molecule has 0 saturated carbocycles. The van der Waals surface area contributed by atoms with Crippen molar-refractivity contribution in [3.63, 3.8) is 0 Å². The van der Waals surface area contributed by atoms with Crippen molar-refractivity contribution in [3.8, 4) is 0 Å². The number of sulfonamides is 1. The minimum atomic E-state index is -3.47. The summed E-state index contributed by atoms with van der Waals surface area (Å²) in [4.78, 5) is 4.35. The number of hydrogen-bond acceptors (Lipinski definition) is 4. The molecule has 1 aromatic carbocycles. The molecule has 0 unspecified atom stereocenters. The summed E-state index contributed by atoms with van der Waals surface area (Å²) in [6.45, 7) is 2.71. The monoisotopic (exact) mass is 270 g/mol. The zero-order valence-corrected chi connectivity index (χ0v) is 11.1. The molecule has 2 rings (SSSR count). The lowest BCUT2D eigenvalue weighted by Crippen LogP contribution is -2.27. The van der Waals surface area contributed by atoms with Gasteiger partial charge in [0.05, 0.1) is 11.4 Å². The number of nitrogens with one attached hydrogen (secondary N) is 1. The van der Waals surface area contributed by atoms with Crippen LogP contribution in [0.5, 0.6) is 0 Å². The summed E-state index contributed by atoms with van der Waals surface area (Å²) in [6.07, 6.45) is 0.899. The highest BCUT2D eigenvalue weighted by molar-refractivity contribution is 8.15. The van der Waals surface area contributed by atoms with Crippen molar-refractivity contribution in [3.05, 3.63) is 29.8 Å². The third kappa shape index (κ3) is 3.01. The van der Waals surface area contributed by atoms with Gasteiger partial charge < -0.3 is 0 Å². The normalized spacial score (nSPS) is 15.7. The molecule has 0 aromatic heterocycles. The minimum Gasteiger partial charge on any atom is -0.261 e. The standard InChI is InChI=1S/C11H14N2O2S2/c1-2-9-3-5-10(6-4-9)17(14,15)13-11-12-7-8-16-11/h3-6H,2,7-8H2,1H3,(H,12,13). The second kappa shape index (κ2) is 5.10. The van der Waals surface area contributed by atoms with Crippen LogP contribution >= 0.6 is 11.8 Å². The molecule has 0 bridgehead atoms. The van der Waals surface area contributed by atoms with E-state index in [-0.39, 0.29) is 4.90 Å². The predicted octanol–water partition coefficient (Wildman–Crippen LogP) is 1.63. The van der Waals surface area contributed by atoms with Gasteiger partial charge in [0.25, 0.3) is 10.0 Å². The maximum Gasteiger partial charge on any atom is 0.263 e. The van der Waals surface area contributed by atoms with E-state index in [4.69, 9.17) is 0 Å². The van der Waals surface area contributed by atoms with E-state index in [9.17, 15) is 8.42 Å². The second-order valence-electron chi connectivity index (χ2n) is 3.64. The van der Waals surface area contributed by atoms with Gasteiger partial charge in [0.2, 0.25) is 0 Å². The number of aryl methyl sites for hydroxylation is 1. The van der Waals surface area contributed by atoms with Crippen LogP contribution in [-0.4, -0.2) is 25.9 Å². The van der Waals surface area contributed by atoms with Crippen molar-refractivity contribution in [2.24, 2.45) is 4.99 Å². The van der Waals surface area contributed by atoms with Crippen molar-refractivity contribution in [2.45, 2.75) is 18.2 Å². The maximum atomic E-state index is 12.0. The molecule has 0 radical (unpaired) electrons. The van der Waals surface area contributed by atoms with Crippen LogP contribution in [0.2, 0.25) is 0 Å². The van der Waals surface area contributed by atoms with Crippen molar-refractivity contribution in [2.75, 3.05) is 12.3 Å². The zero-order chi connectivity index (χ0) is 12.3. The third-order valence-corrected chi connectivity index (χ3v) is 4.82. The molecule has 6 heteroatoms. The van der Waals surface area contributed by atoms with Crippen LogP contribution in [0, 0.1) is 0 Å². The van der Waals surface area contributed by atoms with Crippen molar-refractivity contribution < 1.29 is 8.42 Å². The summed E-state index contributed by atoms with van der Waals surface area (Å²) in [5, 5.41) is 0.490. The summed E-state index contributed by atoms with van der Waals surface area (Å²) in [5.41, 5.74) is 1.12. The topological polar surface area (TPSA) is 58.5 Å². The Labute approximate surface area is 106 Å². The van der Waals surface area contributed by atoms with Crippen molar-refractivity contribution in [1.29, 1.82) is 0 Å². The summed E-state index contributed by atoms with van der Waals surface area (Å²) >= 11 is 1.43. The first-order chi connectivity index (χ1) is 8.12. The maximum absolute atomic E-state index is 12.0. The molecule has 92 valence electrons. The van der Waals surface area contributed by atoms with Crippen LogP contribution in [0.3, 0.4) is 0 Å². The first-order valence-corrected chi connectivity index (χ1v) is 7.88. The number of hydrogen-bond donors (Lipinski definition) is 1. The largest absolute Gasteiger partial charge is 0.263 e. The average Bonchev–Trinajstić information content (AvgIpc) is 2.81. The van der Waals surface area contributed by atoms with Crippen LogP contribution in [-0.2, 0) is 16.4 Å². The van der Waals surface area contributed by atoms with Crippen LogP contribution in [0.4, 0.5) is 0 Å². The predicted molar refractivity (Wildman–Crippen MR) is 70.9 cm³/mol. The first-order valence-electron chi connectivity index (χ1n) is 5.41. The van der Waals surface area contributed by atoms with Crippen LogP contribution in [0.25, 0.3) is 0 Å². The van der Waals surface area contributed by atoms with Gasteiger partial charge in [-0.2, -0.15) is 0 Å². The molecule has 1 N–H and O–H groups in total. The third-order valence-electron chi connectivity index (χ3n) is 2.45. The highest BCUT2D eigenvalue weighted by atomic mass is 32.2. The molecule has 17 heavy (non-hydrogen) atoms. The smallest absolute Gasteiger partial charge is 0.261 e. The molecule has 0 spiro atoms. The Kier molecular flexibility index (Phi) is 3.73. The molecule has 1 aliphatic heterocycles. The Morgan fingerprint density at radius 3 is 2.59 bits per heavy atom. The highest BCUT2D eigenvalue weighted by Gasteiger charge is 2.18. The molecule has 1 heterocycles. The van der Waals surface area contributed by atoms with Crippen LogP contribution in [0.1, 0.15) is 12.5 Å². The van der Waals surface area contributed by atoms with Gasteiger partial charge in [-0.25, -0.2) is 8.42 Å². The van der Waals surface area contributed by atoms with E-state index in [1.165, 1.54) is 11.8 Å². The molecule has 0 amide bonds. The Morgan fingerprint density at radius 1 is 1.35 bits per heavy atom. The van der Waals surface area contributed by atoms with Gasteiger partial charge in [-0.3, -0.25) is 9.71 Å². The van der Waals surface area contributed by atoms with E-state index in [2.05, 4.69) is 9.71 Å². The number of aliphatic imine (C=N–C) groups is 1. The van der Waals surface area contributed by atoms with Gasteiger partial charge in [-0.15, -0.1) is 0 Å². The molecular formula is C11H14N2O2S2. The molecule has 1 aromatic rings. The number of nitrogens with zero attached hydrogens (tertiary/aromatic N) is 1. The number of rotatable bonds is 3. The average molecular weight is 270 g/mol. The molecule has 0 saturated heterocycles. The molecule has 1 aliphatic rings. The van der Waals surface area contributed by atoms with E-state index in [1.54, 1.807) is 12.1 Å². The molecule has 4 nitrogen and oxygen atoms in total. The summed E-state index contributed by atoms with van der Waals surface area (Å²) in [7, 11) is -3.47. The molecule has 0 fully saturated rings. The van der Waals surface area contributed by atoms with Gasteiger partial charge in [0.15, 0.2) is 5.17 Å². The summed E-state index contributed by atoms with van der Waals surface area (Å²) in [5.74, 6) is 0.840. The Morgan fingerprint density at radius 2 is 2.06 bits per heavy atom. The Bertz CT molecular complexity index is 521. The highest BCUT2D eigenvalue weighted by Crippen LogP contribution is 2.15. The minimum absolute atomic E-state index is 0.282. The van der Waals surface area contributed by atoms with Gasteiger partial charge >= 0.3 is 0 Å². The van der Waals surface area contributed by atoms with E-state index in [0.29, 0.717) is 11.7 Å². The zero-order valence-electron chi connectivity index (χ0n) is 9.51. The van der Waals surface area contributed by atoms with E-state index in [1.807, 2.05) is 19.1 Å².